The predicted octanol–water partition coefficient (Wildman–Crippen LogP) is 2.71. The number of benzene rings is 1. The lowest BCUT2D eigenvalue weighted by Gasteiger charge is -2.20. The van der Waals surface area contributed by atoms with Crippen LogP contribution in [0.3, 0.4) is 0 Å². The summed E-state index contributed by atoms with van der Waals surface area (Å²) in [5.41, 5.74) is 7.94. The molecule has 0 aliphatic rings. The average molecular weight is 262 g/mol. The summed E-state index contributed by atoms with van der Waals surface area (Å²) in [5, 5.41) is 0.970. The van der Waals surface area contributed by atoms with E-state index in [1.165, 1.54) is 11.5 Å². The lowest BCUT2D eigenvalue weighted by Crippen LogP contribution is -2.22. The molecule has 0 bridgehead atoms. The molecule has 2 N–H and O–H groups in total. The molecule has 18 heavy (non-hydrogen) atoms. The van der Waals surface area contributed by atoms with Crippen LogP contribution in [0.2, 0.25) is 0 Å². The highest BCUT2D eigenvalue weighted by atomic mass is 32.1. The first-order valence-corrected chi connectivity index (χ1v) is 6.92. The Kier molecular flexibility index (Phi) is 4.15. The number of aryl methyl sites for hydroxylation is 1. The summed E-state index contributed by atoms with van der Waals surface area (Å²) in [6.45, 7) is 5.86. The van der Waals surface area contributed by atoms with E-state index < -0.39 is 0 Å². The molecule has 0 atom stereocenters. The van der Waals surface area contributed by atoms with Gasteiger partial charge in [0.05, 0.1) is 0 Å². The Morgan fingerprint density at radius 1 is 1.28 bits per heavy atom. The number of hydrogen-bond acceptors (Lipinski definition) is 5. The van der Waals surface area contributed by atoms with E-state index in [4.69, 9.17) is 5.73 Å². The Morgan fingerprint density at radius 2 is 2.06 bits per heavy atom. The van der Waals surface area contributed by atoms with Gasteiger partial charge in [0.15, 0.2) is 0 Å². The van der Waals surface area contributed by atoms with Crippen LogP contribution in [0.1, 0.15) is 25.2 Å². The van der Waals surface area contributed by atoms with E-state index in [-0.39, 0.29) is 0 Å². The van der Waals surface area contributed by atoms with Crippen LogP contribution in [0.25, 0.3) is 0 Å². The van der Waals surface area contributed by atoms with E-state index in [1.54, 1.807) is 0 Å². The molecule has 2 aromatic rings. The number of para-hydroxylation sites is 1. The van der Waals surface area contributed by atoms with E-state index in [1.807, 2.05) is 18.2 Å². The van der Waals surface area contributed by atoms with Gasteiger partial charge in [0.2, 0.25) is 5.13 Å². The Bertz CT molecular complexity index is 509. The SMILES string of the molecule is CCc1nsc(N(CC)Cc2ccccc2N)n1. The van der Waals surface area contributed by atoms with Crippen molar-refractivity contribution in [2.24, 2.45) is 0 Å². The Morgan fingerprint density at radius 3 is 2.67 bits per heavy atom. The zero-order valence-electron chi connectivity index (χ0n) is 10.8. The fourth-order valence-electron chi connectivity index (χ4n) is 1.72. The van der Waals surface area contributed by atoms with Crippen molar-refractivity contribution in [3.8, 4) is 0 Å². The molecule has 2 rings (SSSR count). The summed E-state index contributed by atoms with van der Waals surface area (Å²) in [4.78, 5) is 6.72. The third-order valence-corrected chi connectivity index (χ3v) is 3.66. The molecule has 96 valence electrons. The van der Waals surface area contributed by atoms with E-state index in [2.05, 4.69) is 34.2 Å². The number of hydrogen-bond donors (Lipinski definition) is 1. The second kappa shape index (κ2) is 5.82. The smallest absolute Gasteiger partial charge is 0.205 e. The molecule has 0 fully saturated rings. The molecule has 4 nitrogen and oxygen atoms in total. The second-order valence-electron chi connectivity index (χ2n) is 4.06. The summed E-state index contributed by atoms with van der Waals surface area (Å²) in [5.74, 6) is 0.912. The van der Waals surface area contributed by atoms with Crippen LogP contribution in [0, 0.1) is 0 Å². The number of nitrogens with two attached hydrogens (primary N) is 1. The van der Waals surface area contributed by atoms with Gasteiger partial charge in [-0.05, 0) is 18.6 Å². The van der Waals surface area contributed by atoms with Crippen molar-refractivity contribution < 1.29 is 0 Å². The highest BCUT2D eigenvalue weighted by Crippen LogP contribution is 2.21. The minimum atomic E-state index is 0.779. The maximum absolute atomic E-state index is 5.97. The Hall–Kier alpha value is -1.62. The van der Waals surface area contributed by atoms with E-state index in [0.717, 1.165) is 41.7 Å². The van der Waals surface area contributed by atoms with Gasteiger partial charge in [0.25, 0.3) is 0 Å². The third-order valence-electron chi connectivity index (χ3n) is 2.84. The molecular weight excluding hydrogens is 244 g/mol. The highest BCUT2D eigenvalue weighted by Gasteiger charge is 2.11. The van der Waals surface area contributed by atoms with Gasteiger partial charge in [-0.15, -0.1) is 0 Å². The fraction of sp³-hybridized carbons (Fsp3) is 0.385. The molecule has 0 unspecified atom stereocenters. The van der Waals surface area contributed by atoms with Crippen LogP contribution in [0.5, 0.6) is 0 Å². The summed E-state index contributed by atoms with van der Waals surface area (Å²) >= 11 is 1.46. The molecule has 0 amide bonds. The largest absolute Gasteiger partial charge is 0.398 e. The number of nitrogens with zero attached hydrogens (tertiary/aromatic N) is 3. The minimum absolute atomic E-state index is 0.779. The first-order chi connectivity index (χ1) is 8.74. The van der Waals surface area contributed by atoms with Gasteiger partial charge in [0.1, 0.15) is 5.82 Å². The Balaban J connectivity index is 2.17. The molecule has 0 aliphatic carbocycles. The summed E-state index contributed by atoms with van der Waals surface area (Å²) in [6.07, 6.45) is 0.877. The van der Waals surface area contributed by atoms with Crippen molar-refractivity contribution in [2.75, 3.05) is 17.2 Å². The first-order valence-electron chi connectivity index (χ1n) is 6.15. The summed E-state index contributed by atoms with van der Waals surface area (Å²) in [6, 6.07) is 7.95. The molecule has 0 aliphatic heterocycles. The molecule has 1 aromatic carbocycles. The van der Waals surface area contributed by atoms with Gasteiger partial charge in [-0.3, -0.25) is 0 Å². The van der Waals surface area contributed by atoms with Crippen molar-refractivity contribution >= 4 is 22.4 Å². The second-order valence-corrected chi connectivity index (χ2v) is 4.79. The normalized spacial score (nSPS) is 10.6. The van der Waals surface area contributed by atoms with Crippen LogP contribution < -0.4 is 10.6 Å². The minimum Gasteiger partial charge on any atom is -0.398 e. The lowest BCUT2D eigenvalue weighted by molar-refractivity contribution is 0.821. The number of aromatic nitrogens is 2. The average Bonchev–Trinajstić information content (AvgIpc) is 2.86. The number of rotatable bonds is 5. The van der Waals surface area contributed by atoms with Crippen molar-refractivity contribution in [3.63, 3.8) is 0 Å². The van der Waals surface area contributed by atoms with Gasteiger partial charge < -0.3 is 10.6 Å². The molecule has 1 heterocycles. The van der Waals surface area contributed by atoms with Crippen LogP contribution in [0.4, 0.5) is 10.8 Å². The molecule has 0 radical (unpaired) electrons. The van der Waals surface area contributed by atoms with E-state index >= 15 is 0 Å². The van der Waals surface area contributed by atoms with Crippen LogP contribution in [-0.2, 0) is 13.0 Å². The van der Waals surface area contributed by atoms with E-state index in [0.29, 0.717) is 0 Å². The van der Waals surface area contributed by atoms with Gasteiger partial charge in [-0.1, -0.05) is 25.1 Å². The molecule has 0 spiro atoms. The fourth-order valence-corrected chi connectivity index (χ4v) is 2.53. The lowest BCUT2D eigenvalue weighted by atomic mass is 10.2. The predicted molar refractivity (Wildman–Crippen MR) is 76.9 cm³/mol. The number of anilines is 2. The Labute approximate surface area is 112 Å². The zero-order chi connectivity index (χ0) is 13.0. The molecule has 1 aromatic heterocycles. The van der Waals surface area contributed by atoms with Crippen molar-refractivity contribution in [3.05, 3.63) is 35.7 Å². The van der Waals surface area contributed by atoms with Crippen molar-refractivity contribution in [2.45, 2.75) is 26.8 Å². The maximum Gasteiger partial charge on any atom is 0.205 e. The highest BCUT2D eigenvalue weighted by molar-refractivity contribution is 7.09. The quantitative estimate of drug-likeness (QED) is 0.842. The standard InChI is InChI=1S/C13H18N4S/c1-3-12-15-13(18-16-12)17(4-2)9-10-7-5-6-8-11(10)14/h5-8H,3-4,9,14H2,1-2H3. The molecular formula is C13H18N4S. The van der Waals surface area contributed by atoms with Crippen molar-refractivity contribution in [1.29, 1.82) is 0 Å². The van der Waals surface area contributed by atoms with Crippen LogP contribution in [0.15, 0.2) is 24.3 Å². The summed E-state index contributed by atoms with van der Waals surface area (Å²) in [7, 11) is 0. The zero-order valence-corrected chi connectivity index (χ0v) is 11.6. The molecule has 0 saturated carbocycles. The van der Waals surface area contributed by atoms with Crippen molar-refractivity contribution in [1.82, 2.24) is 9.36 Å². The number of nitrogen functional groups attached to an aromatic ring is 1. The molecule has 5 heteroatoms. The maximum atomic E-state index is 5.97. The molecule has 0 saturated heterocycles. The van der Waals surface area contributed by atoms with E-state index in [9.17, 15) is 0 Å². The third kappa shape index (κ3) is 2.79. The van der Waals surface area contributed by atoms with Crippen LogP contribution >= 0.6 is 11.5 Å². The van der Waals surface area contributed by atoms with Gasteiger partial charge in [-0.25, -0.2) is 4.98 Å². The summed E-state index contributed by atoms with van der Waals surface area (Å²) < 4.78 is 4.33. The first kappa shape index (κ1) is 12.8. The topological polar surface area (TPSA) is 55.0 Å². The van der Waals surface area contributed by atoms with Gasteiger partial charge in [0, 0.05) is 36.7 Å². The van der Waals surface area contributed by atoms with Crippen LogP contribution in [-0.4, -0.2) is 15.9 Å². The van der Waals surface area contributed by atoms with Gasteiger partial charge >= 0.3 is 0 Å². The monoisotopic (exact) mass is 262 g/mol. The van der Waals surface area contributed by atoms with Gasteiger partial charge in [-0.2, -0.15) is 4.37 Å².